The van der Waals surface area contributed by atoms with Gasteiger partial charge in [0, 0.05) is 13.6 Å². The Balaban J connectivity index is 0.00000242. The Morgan fingerprint density at radius 2 is 1.95 bits per heavy atom. The molecule has 1 aromatic carbocycles. The van der Waals surface area contributed by atoms with E-state index in [-0.39, 0.29) is 23.7 Å². The normalized spacial score (nSPS) is 10.9. The molecule has 0 atom stereocenters. The standard InChI is InChI=1S/C15H21N5O.ClH/c1-15(2,10-16)11-19(3)14(21)13-9-17-20(18-13)12-7-5-4-6-8-12;/h4-9H,10-11,16H2,1-3H3;1H. The second-order valence-corrected chi connectivity index (χ2v) is 5.88. The molecule has 2 aromatic rings. The Morgan fingerprint density at radius 1 is 1.32 bits per heavy atom. The summed E-state index contributed by atoms with van der Waals surface area (Å²) in [5.74, 6) is -0.154. The molecule has 120 valence electrons. The Hall–Kier alpha value is -1.92. The highest BCUT2D eigenvalue weighted by Gasteiger charge is 2.23. The van der Waals surface area contributed by atoms with Crippen molar-refractivity contribution in [1.82, 2.24) is 19.9 Å². The molecule has 0 unspecified atom stereocenters. The Labute approximate surface area is 136 Å². The van der Waals surface area contributed by atoms with Crippen LogP contribution in [-0.4, -0.2) is 45.9 Å². The van der Waals surface area contributed by atoms with Crippen LogP contribution in [0.15, 0.2) is 36.5 Å². The number of hydrogen-bond donors (Lipinski definition) is 1. The Morgan fingerprint density at radius 3 is 2.55 bits per heavy atom. The lowest BCUT2D eigenvalue weighted by atomic mass is 9.93. The fraction of sp³-hybridized carbons (Fsp3) is 0.400. The third-order valence-corrected chi connectivity index (χ3v) is 3.26. The van der Waals surface area contributed by atoms with E-state index in [0.717, 1.165) is 5.69 Å². The third-order valence-electron chi connectivity index (χ3n) is 3.26. The molecule has 2 rings (SSSR count). The molecule has 0 spiro atoms. The van der Waals surface area contributed by atoms with Gasteiger partial charge in [0.05, 0.1) is 11.9 Å². The van der Waals surface area contributed by atoms with Crippen molar-refractivity contribution >= 4 is 18.3 Å². The zero-order chi connectivity index (χ0) is 15.5. The summed E-state index contributed by atoms with van der Waals surface area (Å²) in [6, 6.07) is 9.49. The average molecular weight is 324 g/mol. The molecule has 0 aliphatic rings. The number of carbonyl (C=O) groups excluding carboxylic acids is 1. The lowest BCUT2D eigenvalue weighted by Gasteiger charge is -2.28. The molecular formula is C15H22ClN5O. The molecule has 6 nitrogen and oxygen atoms in total. The largest absolute Gasteiger partial charge is 0.340 e. The zero-order valence-electron chi connectivity index (χ0n) is 13.1. The van der Waals surface area contributed by atoms with Gasteiger partial charge in [-0.2, -0.15) is 9.90 Å². The predicted octanol–water partition coefficient (Wildman–Crippen LogP) is 1.75. The van der Waals surface area contributed by atoms with Gasteiger partial charge >= 0.3 is 0 Å². The molecule has 0 fully saturated rings. The number of hydrogen-bond acceptors (Lipinski definition) is 4. The van der Waals surface area contributed by atoms with Crippen LogP contribution in [0.1, 0.15) is 24.3 Å². The molecule has 0 bridgehead atoms. The van der Waals surface area contributed by atoms with Gasteiger partial charge in [-0.3, -0.25) is 4.79 Å². The van der Waals surface area contributed by atoms with Gasteiger partial charge in [0.15, 0.2) is 5.69 Å². The van der Waals surface area contributed by atoms with Crippen LogP contribution >= 0.6 is 12.4 Å². The van der Waals surface area contributed by atoms with Crippen molar-refractivity contribution in [3.05, 3.63) is 42.2 Å². The van der Waals surface area contributed by atoms with E-state index in [1.807, 2.05) is 44.2 Å². The van der Waals surface area contributed by atoms with Crippen molar-refractivity contribution in [2.45, 2.75) is 13.8 Å². The highest BCUT2D eigenvalue weighted by atomic mass is 35.5. The molecular weight excluding hydrogens is 302 g/mol. The molecule has 0 aliphatic carbocycles. The van der Waals surface area contributed by atoms with E-state index in [4.69, 9.17) is 5.73 Å². The predicted molar refractivity (Wildman–Crippen MR) is 88.4 cm³/mol. The molecule has 7 heteroatoms. The van der Waals surface area contributed by atoms with Crippen molar-refractivity contribution in [3.8, 4) is 5.69 Å². The maximum absolute atomic E-state index is 12.4. The lowest BCUT2D eigenvalue weighted by molar-refractivity contribution is 0.0734. The maximum Gasteiger partial charge on any atom is 0.275 e. The van der Waals surface area contributed by atoms with Crippen molar-refractivity contribution in [1.29, 1.82) is 0 Å². The number of nitrogens with two attached hydrogens (primary N) is 1. The molecule has 0 saturated carbocycles. The fourth-order valence-corrected chi connectivity index (χ4v) is 2.02. The van der Waals surface area contributed by atoms with E-state index >= 15 is 0 Å². The molecule has 1 amide bonds. The number of benzene rings is 1. The Bertz CT molecular complexity index is 611. The first kappa shape index (κ1) is 18.1. The van der Waals surface area contributed by atoms with Gasteiger partial charge in [0.1, 0.15) is 0 Å². The number of carbonyl (C=O) groups is 1. The second kappa shape index (κ2) is 7.38. The summed E-state index contributed by atoms with van der Waals surface area (Å²) in [4.78, 5) is 15.4. The van der Waals surface area contributed by atoms with Crippen LogP contribution in [0.5, 0.6) is 0 Å². The fourth-order valence-electron chi connectivity index (χ4n) is 2.02. The first-order valence-corrected chi connectivity index (χ1v) is 6.86. The molecule has 0 radical (unpaired) electrons. The topological polar surface area (TPSA) is 77.0 Å². The summed E-state index contributed by atoms with van der Waals surface area (Å²) in [5, 5.41) is 8.38. The van der Waals surface area contributed by atoms with Gasteiger partial charge in [0.25, 0.3) is 5.91 Å². The van der Waals surface area contributed by atoms with E-state index in [9.17, 15) is 4.79 Å². The summed E-state index contributed by atoms with van der Waals surface area (Å²) in [6.45, 7) is 5.14. The van der Waals surface area contributed by atoms with E-state index in [1.54, 1.807) is 11.9 Å². The molecule has 22 heavy (non-hydrogen) atoms. The highest BCUT2D eigenvalue weighted by molar-refractivity contribution is 5.91. The molecule has 1 aromatic heterocycles. The minimum Gasteiger partial charge on any atom is -0.340 e. The van der Waals surface area contributed by atoms with Gasteiger partial charge in [-0.1, -0.05) is 32.0 Å². The molecule has 1 heterocycles. The van der Waals surface area contributed by atoms with Crippen LogP contribution in [-0.2, 0) is 0 Å². The number of nitrogens with zero attached hydrogens (tertiary/aromatic N) is 4. The number of rotatable bonds is 5. The van der Waals surface area contributed by atoms with E-state index in [1.165, 1.54) is 11.0 Å². The van der Waals surface area contributed by atoms with Crippen LogP contribution in [0.3, 0.4) is 0 Å². The minimum atomic E-state index is -0.154. The van der Waals surface area contributed by atoms with Crippen LogP contribution < -0.4 is 5.73 Å². The highest BCUT2D eigenvalue weighted by Crippen LogP contribution is 2.15. The van der Waals surface area contributed by atoms with Crippen LogP contribution in [0.2, 0.25) is 0 Å². The first-order valence-electron chi connectivity index (χ1n) is 6.86. The SMILES string of the molecule is CN(CC(C)(C)CN)C(=O)c1cnn(-c2ccccc2)n1.Cl. The van der Waals surface area contributed by atoms with Crippen molar-refractivity contribution in [2.24, 2.45) is 11.1 Å². The average Bonchev–Trinajstić information content (AvgIpc) is 2.96. The monoisotopic (exact) mass is 323 g/mol. The smallest absolute Gasteiger partial charge is 0.275 e. The summed E-state index contributed by atoms with van der Waals surface area (Å²) >= 11 is 0. The number of aromatic nitrogens is 3. The zero-order valence-corrected chi connectivity index (χ0v) is 13.9. The molecule has 2 N–H and O–H groups in total. The first-order chi connectivity index (χ1) is 9.93. The summed E-state index contributed by atoms with van der Waals surface area (Å²) < 4.78 is 0. The lowest BCUT2D eigenvalue weighted by Crippen LogP contribution is -2.39. The summed E-state index contributed by atoms with van der Waals surface area (Å²) in [5.41, 5.74) is 6.73. The molecule has 0 saturated heterocycles. The van der Waals surface area contributed by atoms with Crippen LogP contribution in [0.25, 0.3) is 5.69 Å². The van der Waals surface area contributed by atoms with Gasteiger partial charge in [-0.25, -0.2) is 0 Å². The maximum atomic E-state index is 12.4. The number of halogens is 1. The Kier molecular flexibility index (Phi) is 6.08. The second-order valence-electron chi connectivity index (χ2n) is 5.88. The number of amides is 1. The summed E-state index contributed by atoms with van der Waals surface area (Å²) in [7, 11) is 1.75. The van der Waals surface area contributed by atoms with E-state index in [0.29, 0.717) is 18.8 Å². The summed E-state index contributed by atoms with van der Waals surface area (Å²) in [6.07, 6.45) is 1.49. The van der Waals surface area contributed by atoms with Crippen LogP contribution in [0.4, 0.5) is 0 Å². The van der Waals surface area contributed by atoms with Crippen LogP contribution in [0, 0.1) is 5.41 Å². The van der Waals surface area contributed by atoms with E-state index < -0.39 is 0 Å². The quantitative estimate of drug-likeness (QED) is 0.909. The van der Waals surface area contributed by atoms with Gasteiger partial charge < -0.3 is 10.6 Å². The molecule has 0 aliphatic heterocycles. The van der Waals surface area contributed by atoms with Gasteiger partial charge in [-0.15, -0.1) is 17.5 Å². The van der Waals surface area contributed by atoms with E-state index in [2.05, 4.69) is 10.2 Å². The van der Waals surface area contributed by atoms with Crippen molar-refractivity contribution in [3.63, 3.8) is 0 Å². The van der Waals surface area contributed by atoms with Crippen molar-refractivity contribution < 1.29 is 4.79 Å². The third kappa shape index (κ3) is 4.29. The van der Waals surface area contributed by atoms with Crippen molar-refractivity contribution in [2.75, 3.05) is 20.1 Å². The number of para-hydroxylation sites is 1. The minimum absolute atomic E-state index is 0. The van der Waals surface area contributed by atoms with Gasteiger partial charge in [0.2, 0.25) is 0 Å². The van der Waals surface area contributed by atoms with Gasteiger partial charge in [-0.05, 0) is 24.1 Å².